The third kappa shape index (κ3) is 2.67. The van der Waals surface area contributed by atoms with E-state index < -0.39 is 21.8 Å². The highest BCUT2D eigenvalue weighted by Crippen LogP contribution is 2.23. The van der Waals surface area contributed by atoms with Crippen molar-refractivity contribution in [3.05, 3.63) is 24.2 Å². The van der Waals surface area contributed by atoms with Gasteiger partial charge in [0.2, 0.25) is 0 Å². The summed E-state index contributed by atoms with van der Waals surface area (Å²) >= 11 is 0. The second-order valence-corrected chi connectivity index (χ2v) is 6.25. The van der Waals surface area contributed by atoms with Gasteiger partial charge in [0.05, 0.1) is 17.8 Å². The lowest BCUT2D eigenvalue weighted by atomic mass is 10.2. The summed E-state index contributed by atoms with van der Waals surface area (Å²) in [6, 6.07) is 2.30. The Morgan fingerprint density at radius 1 is 1.41 bits per heavy atom. The van der Waals surface area contributed by atoms with Crippen molar-refractivity contribution in [2.75, 3.05) is 24.6 Å². The Bertz CT molecular complexity index is 479. The van der Waals surface area contributed by atoms with Crippen LogP contribution in [0, 0.1) is 0 Å². The Labute approximate surface area is 98.8 Å². The molecule has 1 unspecified atom stereocenters. The molecule has 94 valence electrons. The Kier molecular flexibility index (Phi) is 3.21. The molecule has 1 atom stereocenters. The van der Waals surface area contributed by atoms with Crippen molar-refractivity contribution < 1.29 is 22.7 Å². The van der Waals surface area contributed by atoms with Crippen molar-refractivity contribution >= 4 is 15.8 Å². The maximum absolute atomic E-state index is 11.3. The van der Waals surface area contributed by atoms with Gasteiger partial charge in [0, 0.05) is 13.1 Å². The average molecular weight is 259 g/mol. The third-order valence-corrected chi connectivity index (χ3v) is 4.40. The van der Waals surface area contributed by atoms with E-state index in [-0.39, 0.29) is 24.6 Å². The molecule has 1 N–H and O–H groups in total. The SMILES string of the molecule is O=C(O)C(c1ccco1)N1CCS(=O)(=O)CC1. The lowest BCUT2D eigenvalue weighted by molar-refractivity contribution is -0.144. The van der Waals surface area contributed by atoms with Gasteiger partial charge < -0.3 is 9.52 Å². The molecule has 0 radical (unpaired) electrons. The largest absolute Gasteiger partial charge is 0.480 e. The summed E-state index contributed by atoms with van der Waals surface area (Å²) in [6.07, 6.45) is 1.41. The van der Waals surface area contributed by atoms with Crippen LogP contribution in [0.1, 0.15) is 11.8 Å². The lowest BCUT2D eigenvalue weighted by Gasteiger charge is -2.30. The molecule has 17 heavy (non-hydrogen) atoms. The second kappa shape index (κ2) is 4.50. The average Bonchev–Trinajstić information content (AvgIpc) is 2.74. The van der Waals surface area contributed by atoms with Gasteiger partial charge in [0.1, 0.15) is 5.76 Å². The molecule has 0 bridgehead atoms. The lowest BCUT2D eigenvalue weighted by Crippen LogP contribution is -2.44. The first-order valence-electron chi connectivity index (χ1n) is 5.20. The Hall–Kier alpha value is -1.34. The molecule has 1 aliphatic heterocycles. The van der Waals surface area contributed by atoms with Gasteiger partial charge in [-0.05, 0) is 12.1 Å². The van der Waals surface area contributed by atoms with Gasteiger partial charge in [-0.3, -0.25) is 9.69 Å². The summed E-state index contributed by atoms with van der Waals surface area (Å²) in [5, 5.41) is 9.18. The summed E-state index contributed by atoms with van der Waals surface area (Å²) < 4.78 is 27.6. The summed E-state index contributed by atoms with van der Waals surface area (Å²) in [5.41, 5.74) is 0. The topological polar surface area (TPSA) is 87.8 Å². The number of rotatable bonds is 3. The maximum Gasteiger partial charge on any atom is 0.328 e. The van der Waals surface area contributed by atoms with E-state index in [2.05, 4.69) is 0 Å². The number of carboxylic acids is 1. The van der Waals surface area contributed by atoms with E-state index in [0.717, 1.165) is 0 Å². The van der Waals surface area contributed by atoms with E-state index >= 15 is 0 Å². The first-order chi connectivity index (χ1) is 7.99. The minimum atomic E-state index is -3.01. The number of carboxylic acid groups (broad SMARTS) is 1. The molecule has 0 amide bonds. The highest BCUT2D eigenvalue weighted by atomic mass is 32.2. The third-order valence-electron chi connectivity index (χ3n) is 2.79. The van der Waals surface area contributed by atoms with Crippen molar-refractivity contribution in [1.82, 2.24) is 4.90 Å². The zero-order valence-corrected chi connectivity index (χ0v) is 9.89. The molecule has 2 rings (SSSR count). The molecule has 7 heteroatoms. The van der Waals surface area contributed by atoms with Crippen molar-refractivity contribution in [2.45, 2.75) is 6.04 Å². The maximum atomic E-state index is 11.3. The highest BCUT2D eigenvalue weighted by Gasteiger charge is 2.33. The van der Waals surface area contributed by atoms with Gasteiger partial charge in [-0.15, -0.1) is 0 Å². The molecule has 0 aliphatic carbocycles. The molecule has 6 nitrogen and oxygen atoms in total. The predicted octanol–water partition coefficient (Wildman–Crippen LogP) is 0.136. The quantitative estimate of drug-likeness (QED) is 0.830. The first kappa shape index (κ1) is 12.1. The smallest absolute Gasteiger partial charge is 0.328 e. The van der Waals surface area contributed by atoms with E-state index in [0.29, 0.717) is 5.76 Å². The van der Waals surface area contributed by atoms with Crippen LogP contribution < -0.4 is 0 Å². The standard InChI is InChI=1S/C10H13NO5S/c12-10(13)9(8-2-1-5-16-8)11-3-6-17(14,15)7-4-11/h1-2,5,9H,3-4,6-7H2,(H,12,13). The van der Waals surface area contributed by atoms with Crippen LogP contribution >= 0.6 is 0 Å². The molecule has 1 aliphatic rings. The number of nitrogens with zero attached hydrogens (tertiary/aromatic N) is 1. The molecule has 1 fully saturated rings. The zero-order valence-electron chi connectivity index (χ0n) is 9.07. The number of furan rings is 1. The van der Waals surface area contributed by atoms with Gasteiger partial charge in [-0.25, -0.2) is 8.42 Å². The number of hydrogen-bond acceptors (Lipinski definition) is 5. The minimum Gasteiger partial charge on any atom is -0.480 e. The highest BCUT2D eigenvalue weighted by molar-refractivity contribution is 7.91. The molecule has 1 aromatic heterocycles. The summed E-state index contributed by atoms with van der Waals surface area (Å²) in [7, 11) is -3.01. The van der Waals surface area contributed by atoms with Crippen LogP contribution in [0.5, 0.6) is 0 Å². The van der Waals surface area contributed by atoms with Crippen LogP contribution in [0.2, 0.25) is 0 Å². The molecule has 0 spiro atoms. The van der Waals surface area contributed by atoms with E-state index in [1.807, 2.05) is 0 Å². The van der Waals surface area contributed by atoms with Crippen LogP contribution in [0.4, 0.5) is 0 Å². The van der Waals surface area contributed by atoms with Crippen LogP contribution in [0.25, 0.3) is 0 Å². The van der Waals surface area contributed by atoms with E-state index in [9.17, 15) is 18.3 Å². The normalized spacial score (nSPS) is 22.1. The first-order valence-corrected chi connectivity index (χ1v) is 7.02. The van der Waals surface area contributed by atoms with Gasteiger partial charge in [0.15, 0.2) is 15.9 Å². The molecule has 0 saturated carbocycles. The van der Waals surface area contributed by atoms with Crippen LogP contribution in [0.3, 0.4) is 0 Å². The Morgan fingerprint density at radius 2 is 2.06 bits per heavy atom. The van der Waals surface area contributed by atoms with E-state index in [1.165, 1.54) is 6.26 Å². The molecule has 0 aromatic carbocycles. The molecule has 2 heterocycles. The number of hydrogen-bond donors (Lipinski definition) is 1. The molecule has 1 saturated heterocycles. The number of sulfone groups is 1. The number of aliphatic carboxylic acids is 1. The van der Waals surface area contributed by atoms with Crippen LogP contribution in [0.15, 0.2) is 22.8 Å². The minimum absolute atomic E-state index is 0.00249. The van der Waals surface area contributed by atoms with Crippen LogP contribution in [-0.2, 0) is 14.6 Å². The Morgan fingerprint density at radius 3 is 2.53 bits per heavy atom. The second-order valence-electron chi connectivity index (χ2n) is 3.94. The summed E-state index contributed by atoms with van der Waals surface area (Å²) in [5.74, 6) is -0.703. The van der Waals surface area contributed by atoms with Crippen molar-refractivity contribution in [3.8, 4) is 0 Å². The Balaban J connectivity index is 2.17. The van der Waals surface area contributed by atoms with E-state index in [1.54, 1.807) is 17.0 Å². The molecular formula is C10H13NO5S. The van der Waals surface area contributed by atoms with Crippen molar-refractivity contribution in [2.24, 2.45) is 0 Å². The predicted molar refractivity (Wildman–Crippen MR) is 59.3 cm³/mol. The fourth-order valence-corrected chi connectivity index (χ4v) is 3.12. The fourth-order valence-electron chi connectivity index (χ4n) is 1.89. The number of carbonyl (C=O) groups is 1. The van der Waals surface area contributed by atoms with E-state index in [4.69, 9.17) is 4.42 Å². The molecular weight excluding hydrogens is 246 g/mol. The van der Waals surface area contributed by atoms with Gasteiger partial charge in [-0.2, -0.15) is 0 Å². The van der Waals surface area contributed by atoms with Crippen molar-refractivity contribution in [3.63, 3.8) is 0 Å². The van der Waals surface area contributed by atoms with Gasteiger partial charge in [0.25, 0.3) is 0 Å². The van der Waals surface area contributed by atoms with Gasteiger partial charge >= 0.3 is 5.97 Å². The van der Waals surface area contributed by atoms with Crippen LogP contribution in [-0.4, -0.2) is 49.0 Å². The monoisotopic (exact) mass is 259 g/mol. The summed E-state index contributed by atoms with van der Waals surface area (Å²) in [4.78, 5) is 12.8. The summed E-state index contributed by atoms with van der Waals surface area (Å²) in [6.45, 7) is 0.444. The zero-order chi connectivity index (χ0) is 12.5. The molecule has 1 aromatic rings. The fraction of sp³-hybridized carbons (Fsp3) is 0.500. The van der Waals surface area contributed by atoms with Crippen molar-refractivity contribution in [1.29, 1.82) is 0 Å². The van der Waals surface area contributed by atoms with Gasteiger partial charge in [-0.1, -0.05) is 0 Å².